The Kier molecular flexibility index (Phi) is 4.53. The first kappa shape index (κ1) is 14.0. The highest BCUT2D eigenvalue weighted by Gasteiger charge is 2.25. The van der Waals surface area contributed by atoms with Gasteiger partial charge in [-0.3, -0.25) is 4.79 Å². The Balaban J connectivity index is 1.97. The summed E-state index contributed by atoms with van der Waals surface area (Å²) >= 11 is 0. The summed E-state index contributed by atoms with van der Waals surface area (Å²) in [6.45, 7) is 5.65. The lowest BCUT2D eigenvalue weighted by molar-refractivity contribution is -0.141. The van der Waals surface area contributed by atoms with Gasteiger partial charge in [-0.25, -0.2) is 4.39 Å². The molecule has 4 heteroatoms. The second-order valence-corrected chi connectivity index (χ2v) is 5.16. The van der Waals surface area contributed by atoms with Gasteiger partial charge in [0, 0.05) is 19.0 Å². The second-order valence-electron chi connectivity index (χ2n) is 5.16. The van der Waals surface area contributed by atoms with E-state index >= 15 is 0 Å². The molecule has 1 aliphatic rings. The van der Waals surface area contributed by atoms with Gasteiger partial charge in [0.1, 0.15) is 5.82 Å². The molecule has 1 fully saturated rings. The molecular weight excluding hydrogens is 245 g/mol. The van der Waals surface area contributed by atoms with E-state index in [1.807, 2.05) is 18.7 Å². The summed E-state index contributed by atoms with van der Waals surface area (Å²) in [5.74, 6) is -0.363. The van der Waals surface area contributed by atoms with Gasteiger partial charge in [-0.2, -0.15) is 0 Å². The maximum Gasteiger partial charge on any atom is 0.225 e. The normalized spacial score (nSPS) is 21.2. The maximum atomic E-state index is 13.6. The van der Waals surface area contributed by atoms with Crippen LogP contribution in [-0.4, -0.2) is 36.6 Å². The fraction of sp³-hybridized carbons (Fsp3) is 0.533. The van der Waals surface area contributed by atoms with E-state index in [2.05, 4.69) is 0 Å². The molecule has 1 aromatic rings. The van der Waals surface area contributed by atoms with E-state index < -0.39 is 0 Å². The van der Waals surface area contributed by atoms with E-state index in [1.54, 1.807) is 18.2 Å². The number of rotatable bonds is 3. The van der Waals surface area contributed by atoms with Crippen molar-refractivity contribution in [3.05, 3.63) is 35.6 Å². The molecule has 0 N–H and O–H groups in total. The van der Waals surface area contributed by atoms with E-state index in [-0.39, 0.29) is 23.7 Å². The summed E-state index contributed by atoms with van der Waals surface area (Å²) in [6, 6.07) is 6.63. The van der Waals surface area contributed by atoms with Crippen LogP contribution < -0.4 is 0 Å². The molecule has 1 amide bonds. The minimum atomic E-state index is -0.238. The third-order valence-electron chi connectivity index (χ3n) is 3.46. The molecule has 0 aromatic heterocycles. The van der Waals surface area contributed by atoms with Gasteiger partial charge < -0.3 is 9.64 Å². The number of halogens is 1. The molecule has 0 saturated carbocycles. The first-order chi connectivity index (χ1) is 9.08. The Morgan fingerprint density at radius 3 is 2.95 bits per heavy atom. The number of morpholine rings is 1. The van der Waals surface area contributed by atoms with Gasteiger partial charge in [0.2, 0.25) is 5.91 Å². The van der Waals surface area contributed by atoms with Crippen molar-refractivity contribution in [3.8, 4) is 0 Å². The van der Waals surface area contributed by atoms with Crippen LogP contribution in [0.4, 0.5) is 4.39 Å². The van der Waals surface area contributed by atoms with E-state index in [9.17, 15) is 9.18 Å². The lowest BCUT2D eigenvalue weighted by atomic mass is 9.99. The van der Waals surface area contributed by atoms with Crippen LogP contribution in [0.5, 0.6) is 0 Å². The van der Waals surface area contributed by atoms with Crippen LogP contribution in [0, 0.1) is 11.7 Å². The molecule has 2 atom stereocenters. The van der Waals surface area contributed by atoms with Gasteiger partial charge in [0.05, 0.1) is 12.7 Å². The number of benzene rings is 1. The zero-order valence-corrected chi connectivity index (χ0v) is 11.4. The monoisotopic (exact) mass is 265 g/mol. The molecule has 0 spiro atoms. The van der Waals surface area contributed by atoms with Crippen LogP contribution in [0.15, 0.2) is 24.3 Å². The number of hydrogen-bond donors (Lipinski definition) is 0. The Morgan fingerprint density at radius 2 is 2.26 bits per heavy atom. The van der Waals surface area contributed by atoms with Crippen molar-refractivity contribution in [1.82, 2.24) is 4.90 Å². The molecule has 1 saturated heterocycles. The molecule has 1 aliphatic heterocycles. The smallest absolute Gasteiger partial charge is 0.225 e. The van der Waals surface area contributed by atoms with E-state index in [0.29, 0.717) is 31.7 Å². The Hall–Kier alpha value is -1.42. The first-order valence-corrected chi connectivity index (χ1v) is 6.71. The Bertz CT molecular complexity index is 450. The second kappa shape index (κ2) is 6.15. The molecule has 1 aromatic carbocycles. The topological polar surface area (TPSA) is 29.5 Å². The van der Waals surface area contributed by atoms with Crippen LogP contribution in [0.2, 0.25) is 0 Å². The largest absolute Gasteiger partial charge is 0.375 e. The molecule has 104 valence electrons. The fourth-order valence-corrected chi connectivity index (χ4v) is 2.41. The zero-order chi connectivity index (χ0) is 13.8. The average Bonchev–Trinajstić information content (AvgIpc) is 2.40. The Labute approximate surface area is 113 Å². The van der Waals surface area contributed by atoms with Gasteiger partial charge in [-0.05, 0) is 25.0 Å². The van der Waals surface area contributed by atoms with E-state index in [1.165, 1.54) is 6.07 Å². The molecule has 1 heterocycles. The van der Waals surface area contributed by atoms with Gasteiger partial charge in [0.25, 0.3) is 0 Å². The summed E-state index contributed by atoms with van der Waals surface area (Å²) in [7, 11) is 0. The van der Waals surface area contributed by atoms with E-state index in [4.69, 9.17) is 4.74 Å². The summed E-state index contributed by atoms with van der Waals surface area (Å²) in [5.41, 5.74) is 0.602. The van der Waals surface area contributed by atoms with E-state index in [0.717, 1.165) is 0 Å². The van der Waals surface area contributed by atoms with Crippen molar-refractivity contribution >= 4 is 5.91 Å². The molecular formula is C15H20FNO2. The van der Waals surface area contributed by atoms with Crippen molar-refractivity contribution in [2.75, 3.05) is 19.7 Å². The number of hydrogen-bond acceptors (Lipinski definition) is 2. The summed E-state index contributed by atoms with van der Waals surface area (Å²) in [6.07, 6.45) is 0.524. The Morgan fingerprint density at radius 1 is 1.53 bits per heavy atom. The van der Waals surface area contributed by atoms with Crippen molar-refractivity contribution < 1.29 is 13.9 Å². The highest BCUT2D eigenvalue weighted by atomic mass is 19.1. The summed E-state index contributed by atoms with van der Waals surface area (Å²) < 4.78 is 19.0. The van der Waals surface area contributed by atoms with Crippen molar-refractivity contribution in [1.29, 1.82) is 0 Å². The highest BCUT2D eigenvalue weighted by molar-refractivity contribution is 5.79. The van der Waals surface area contributed by atoms with Crippen LogP contribution in [0.1, 0.15) is 19.4 Å². The standard InChI is InChI=1S/C15H20FNO2/c1-11(9-13-5-3-4-6-14(13)16)15(18)17-7-8-19-12(2)10-17/h3-6,11-12H,7-10H2,1-2H3. The quantitative estimate of drug-likeness (QED) is 0.839. The number of ether oxygens (including phenoxy) is 1. The average molecular weight is 265 g/mol. The van der Waals surface area contributed by atoms with Gasteiger partial charge >= 0.3 is 0 Å². The predicted octanol–water partition coefficient (Wildman–Crippen LogP) is 2.25. The van der Waals surface area contributed by atoms with Crippen LogP contribution >= 0.6 is 0 Å². The summed E-state index contributed by atoms with van der Waals surface area (Å²) in [4.78, 5) is 14.1. The third-order valence-corrected chi connectivity index (χ3v) is 3.46. The van der Waals surface area contributed by atoms with Crippen molar-refractivity contribution in [2.24, 2.45) is 5.92 Å². The third kappa shape index (κ3) is 3.53. The number of carbonyl (C=O) groups is 1. The van der Waals surface area contributed by atoms with Crippen molar-refractivity contribution in [2.45, 2.75) is 26.4 Å². The predicted molar refractivity (Wildman–Crippen MR) is 71.3 cm³/mol. The van der Waals surface area contributed by atoms with Crippen LogP contribution in [0.25, 0.3) is 0 Å². The lowest BCUT2D eigenvalue weighted by Crippen LogP contribution is -2.46. The van der Waals surface area contributed by atoms with Crippen molar-refractivity contribution in [3.63, 3.8) is 0 Å². The first-order valence-electron chi connectivity index (χ1n) is 6.71. The molecule has 2 unspecified atom stereocenters. The molecule has 3 nitrogen and oxygen atoms in total. The molecule has 19 heavy (non-hydrogen) atoms. The van der Waals surface area contributed by atoms with Crippen LogP contribution in [-0.2, 0) is 16.0 Å². The minimum absolute atomic E-state index is 0.0818. The lowest BCUT2D eigenvalue weighted by Gasteiger charge is -2.33. The molecule has 0 radical (unpaired) electrons. The molecule has 0 aliphatic carbocycles. The number of nitrogens with zero attached hydrogens (tertiary/aromatic N) is 1. The van der Waals surface area contributed by atoms with Gasteiger partial charge in [-0.1, -0.05) is 25.1 Å². The fourth-order valence-electron chi connectivity index (χ4n) is 2.41. The molecule has 0 bridgehead atoms. The SMILES string of the molecule is CC1CN(C(=O)C(C)Cc2ccccc2F)CCO1. The zero-order valence-electron chi connectivity index (χ0n) is 11.4. The highest BCUT2D eigenvalue weighted by Crippen LogP contribution is 2.16. The number of carbonyl (C=O) groups excluding carboxylic acids is 1. The molecule has 2 rings (SSSR count). The van der Waals surface area contributed by atoms with Gasteiger partial charge in [0.15, 0.2) is 0 Å². The summed E-state index contributed by atoms with van der Waals surface area (Å²) in [5, 5.41) is 0. The van der Waals surface area contributed by atoms with Gasteiger partial charge in [-0.15, -0.1) is 0 Å². The van der Waals surface area contributed by atoms with Crippen LogP contribution in [0.3, 0.4) is 0 Å². The maximum absolute atomic E-state index is 13.6. The minimum Gasteiger partial charge on any atom is -0.375 e. The number of amides is 1.